The van der Waals surface area contributed by atoms with Crippen LogP contribution in [0.2, 0.25) is 0 Å². The van der Waals surface area contributed by atoms with Gasteiger partial charge in [0.1, 0.15) is 0 Å². The van der Waals surface area contributed by atoms with E-state index in [0.29, 0.717) is 0 Å². The Labute approximate surface area is 291 Å². The van der Waals surface area contributed by atoms with Crippen LogP contribution < -0.4 is 0 Å². The first-order valence-corrected chi connectivity index (χ1v) is 17.9. The second kappa shape index (κ2) is 11.5. The van der Waals surface area contributed by atoms with Crippen LogP contribution in [0.1, 0.15) is 31.7 Å². The van der Waals surface area contributed by atoms with Gasteiger partial charge in [-0.2, -0.15) is 0 Å². The highest BCUT2D eigenvalue weighted by atomic mass is 15.0. The van der Waals surface area contributed by atoms with Crippen LogP contribution in [-0.2, 0) is 6.42 Å². The maximum atomic E-state index is 2.47. The third kappa shape index (κ3) is 4.36. The molecule has 10 aromatic rings. The van der Waals surface area contributed by atoms with E-state index in [-0.39, 0.29) is 0 Å². The Morgan fingerprint density at radius 1 is 0.340 bits per heavy atom. The summed E-state index contributed by atoms with van der Waals surface area (Å²) >= 11 is 0. The molecule has 0 bridgehead atoms. The zero-order valence-corrected chi connectivity index (χ0v) is 28.2. The van der Waals surface area contributed by atoms with Crippen molar-refractivity contribution in [2.24, 2.45) is 0 Å². The molecule has 0 amide bonds. The van der Waals surface area contributed by atoms with Crippen LogP contribution in [-0.4, -0.2) is 13.7 Å². The molecule has 3 nitrogen and oxygen atoms in total. The van der Waals surface area contributed by atoms with Crippen LogP contribution in [0, 0.1) is 0 Å². The van der Waals surface area contributed by atoms with Crippen molar-refractivity contribution in [1.29, 1.82) is 0 Å². The van der Waals surface area contributed by atoms with Crippen molar-refractivity contribution in [3.63, 3.8) is 0 Å². The summed E-state index contributed by atoms with van der Waals surface area (Å²) in [7, 11) is 0. The van der Waals surface area contributed by atoms with E-state index >= 15 is 0 Å². The number of nitrogens with zero attached hydrogens (tertiary/aromatic N) is 3. The van der Waals surface area contributed by atoms with E-state index in [0.717, 1.165) is 6.42 Å². The highest BCUT2D eigenvalue weighted by molar-refractivity contribution is 6.14. The SMILES string of the molecule is CCCCCc1cccc(-n2c3ccc(-n4c5ccccc5c5ccccc54)cc3c3cc(-n4c5ccccc5c5ccccc54)ccc32)c1. The van der Waals surface area contributed by atoms with Crippen molar-refractivity contribution in [3.05, 3.63) is 163 Å². The molecule has 7 aromatic carbocycles. The van der Waals surface area contributed by atoms with Crippen LogP contribution in [0.15, 0.2) is 158 Å². The summed E-state index contributed by atoms with van der Waals surface area (Å²) in [5.74, 6) is 0. The predicted octanol–water partition coefficient (Wildman–Crippen LogP) is 12.7. The molecule has 3 heteroatoms. The topological polar surface area (TPSA) is 14.8 Å². The van der Waals surface area contributed by atoms with Gasteiger partial charge in [-0.1, -0.05) is 105 Å². The molecule has 0 spiro atoms. The molecule has 240 valence electrons. The van der Waals surface area contributed by atoms with Crippen LogP contribution in [0.3, 0.4) is 0 Å². The van der Waals surface area contributed by atoms with Gasteiger partial charge >= 0.3 is 0 Å². The Hall–Kier alpha value is -6.06. The molecular formula is C47H37N3. The van der Waals surface area contributed by atoms with Crippen LogP contribution in [0.5, 0.6) is 0 Å². The fourth-order valence-corrected chi connectivity index (χ4v) is 8.39. The average Bonchev–Trinajstić information content (AvgIpc) is 3.80. The third-order valence-corrected chi connectivity index (χ3v) is 10.6. The van der Waals surface area contributed by atoms with Crippen molar-refractivity contribution < 1.29 is 0 Å². The Morgan fingerprint density at radius 3 is 1.18 bits per heavy atom. The van der Waals surface area contributed by atoms with Gasteiger partial charge in [0.05, 0.1) is 33.1 Å². The molecule has 0 saturated heterocycles. The highest BCUT2D eigenvalue weighted by Crippen LogP contribution is 2.39. The Balaban J connectivity index is 1.26. The van der Waals surface area contributed by atoms with Gasteiger partial charge in [0.2, 0.25) is 0 Å². The number of rotatable bonds is 7. The first-order chi connectivity index (χ1) is 24.8. The van der Waals surface area contributed by atoms with Gasteiger partial charge in [-0.3, -0.25) is 0 Å². The van der Waals surface area contributed by atoms with E-state index < -0.39 is 0 Å². The molecule has 0 N–H and O–H groups in total. The van der Waals surface area contributed by atoms with Gasteiger partial charge in [-0.15, -0.1) is 0 Å². The maximum Gasteiger partial charge on any atom is 0.0542 e. The lowest BCUT2D eigenvalue weighted by Crippen LogP contribution is -1.97. The molecule has 0 aliphatic carbocycles. The van der Waals surface area contributed by atoms with E-state index in [1.54, 1.807) is 0 Å². The van der Waals surface area contributed by atoms with E-state index in [2.05, 4.69) is 178 Å². The summed E-state index contributed by atoms with van der Waals surface area (Å²) in [6.07, 6.45) is 4.82. The minimum atomic E-state index is 1.11. The van der Waals surface area contributed by atoms with Crippen molar-refractivity contribution >= 4 is 65.4 Å². The lowest BCUT2D eigenvalue weighted by Gasteiger charge is -2.12. The Kier molecular flexibility index (Phi) is 6.67. The molecule has 0 saturated carbocycles. The maximum absolute atomic E-state index is 2.47. The Bertz CT molecular complexity index is 2620. The average molecular weight is 644 g/mol. The van der Waals surface area contributed by atoms with Crippen molar-refractivity contribution in [1.82, 2.24) is 13.7 Å². The second-order valence-electron chi connectivity index (χ2n) is 13.6. The first kappa shape index (κ1) is 28.9. The monoisotopic (exact) mass is 643 g/mol. The van der Waals surface area contributed by atoms with Crippen molar-refractivity contribution in [2.45, 2.75) is 32.6 Å². The number of benzene rings is 7. The van der Waals surface area contributed by atoms with E-state index in [4.69, 9.17) is 0 Å². The molecule has 0 atom stereocenters. The summed E-state index contributed by atoms with van der Waals surface area (Å²) in [5, 5.41) is 7.60. The van der Waals surface area contributed by atoms with Gasteiger partial charge < -0.3 is 13.7 Å². The lowest BCUT2D eigenvalue weighted by atomic mass is 10.1. The smallest absolute Gasteiger partial charge is 0.0542 e. The quantitative estimate of drug-likeness (QED) is 0.154. The highest BCUT2D eigenvalue weighted by Gasteiger charge is 2.19. The molecule has 10 rings (SSSR count). The van der Waals surface area contributed by atoms with Crippen LogP contribution >= 0.6 is 0 Å². The molecule has 50 heavy (non-hydrogen) atoms. The standard InChI is InChI=1S/C47H37N3/c1-2-3-4-14-32-15-13-16-33(29-32)48-46-27-25-34(49-42-21-9-5-17-36(42)37-18-6-10-22-43(37)49)30-40(46)41-31-35(26-28-47(41)48)50-44-23-11-7-19-38(44)39-20-8-12-24-45(39)50/h5-13,15-31H,2-4,14H2,1H3. The summed E-state index contributed by atoms with van der Waals surface area (Å²) in [6, 6.07) is 58.4. The van der Waals surface area contributed by atoms with E-state index in [1.165, 1.54) is 107 Å². The number of aromatic nitrogens is 3. The molecular weight excluding hydrogens is 607 g/mol. The summed E-state index contributed by atoms with van der Waals surface area (Å²) in [6.45, 7) is 2.27. The molecule has 0 fully saturated rings. The van der Waals surface area contributed by atoms with Crippen molar-refractivity contribution in [2.75, 3.05) is 0 Å². The minimum Gasteiger partial charge on any atom is -0.309 e. The molecule has 0 radical (unpaired) electrons. The fraction of sp³-hybridized carbons (Fsp3) is 0.106. The summed E-state index contributed by atoms with van der Waals surface area (Å²) < 4.78 is 7.33. The number of hydrogen-bond acceptors (Lipinski definition) is 0. The van der Waals surface area contributed by atoms with E-state index in [1.807, 2.05) is 0 Å². The zero-order chi connectivity index (χ0) is 33.2. The zero-order valence-electron chi connectivity index (χ0n) is 28.2. The van der Waals surface area contributed by atoms with Gasteiger partial charge in [0.25, 0.3) is 0 Å². The molecule has 0 aliphatic heterocycles. The summed E-state index contributed by atoms with van der Waals surface area (Å²) in [5.41, 5.74) is 12.3. The number of aryl methyl sites for hydroxylation is 1. The van der Waals surface area contributed by atoms with Gasteiger partial charge in [-0.25, -0.2) is 0 Å². The largest absolute Gasteiger partial charge is 0.309 e. The van der Waals surface area contributed by atoms with E-state index in [9.17, 15) is 0 Å². The first-order valence-electron chi connectivity index (χ1n) is 17.9. The normalized spacial score (nSPS) is 12.0. The second-order valence-corrected chi connectivity index (χ2v) is 13.6. The number of unbranched alkanes of at least 4 members (excludes halogenated alkanes) is 2. The van der Waals surface area contributed by atoms with Crippen LogP contribution in [0.4, 0.5) is 0 Å². The lowest BCUT2D eigenvalue weighted by molar-refractivity contribution is 0.717. The van der Waals surface area contributed by atoms with Gasteiger partial charge in [0.15, 0.2) is 0 Å². The van der Waals surface area contributed by atoms with Gasteiger partial charge in [-0.05, 0) is 91.2 Å². The molecule has 3 aromatic heterocycles. The molecule has 0 unspecified atom stereocenters. The van der Waals surface area contributed by atoms with Crippen molar-refractivity contribution in [3.8, 4) is 17.1 Å². The summed E-state index contributed by atoms with van der Waals surface area (Å²) in [4.78, 5) is 0. The number of fused-ring (bicyclic) bond motifs is 9. The Morgan fingerprint density at radius 2 is 0.740 bits per heavy atom. The third-order valence-electron chi connectivity index (χ3n) is 10.6. The number of hydrogen-bond donors (Lipinski definition) is 0. The molecule has 0 aliphatic rings. The number of para-hydroxylation sites is 4. The predicted molar refractivity (Wildman–Crippen MR) is 213 cm³/mol. The van der Waals surface area contributed by atoms with Crippen LogP contribution in [0.25, 0.3) is 82.5 Å². The fourth-order valence-electron chi connectivity index (χ4n) is 8.39. The van der Waals surface area contributed by atoms with Gasteiger partial charge in [0, 0.05) is 49.4 Å². The minimum absolute atomic E-state index is 1.11. The molecule has 3 heterocycles.